The number of rotatable bonds is 1. The second-order valence-electron chi connectivity index (χ2n) is 1.94. The van der Waals surface area contributed by atoms with Gasteiger partial charge in [-0.3, -0.25) is 19.7 Å². The van der Waals surface area contributed by atoms with Crippen LogP contribution in [0.4, 0.5) is 0 Å². The minimum atomic E-state index is -0.836. The Bertz CT molecular complexity index is 270. The molecule has 0 saturated carbocycles. The van der Waals surface area contributed by atoms with Crippen molar-refractivity contribution in [2.75, 3.05) is 0 Å². The van der Waals surface area contributed by atoms with Gasteiger partial charge in [0.15, 0.2) is 0 Å². The minimum Gasteiger partial charge on any atom is -0.483 e. The Morgan fingerprint density at radius 1 is 1.69 bits per heavy atom. The number of nitrogens with zero attached hydrogens (tertiary/aromatic N) is 3. The topological polar surface area (TPSA) is 132 Å². The molecule has 1 unspecified atom stereocenters. The normalized spacial score (nSPS) is 19.2. The molecule has 1 heterocycles. The molecular weight excluding hydrogens is 180 g/mol. The van der Waals surface area contributed by atoms with Gasteiger partial charge >= 0.3 is 0 Å². The number of hydrogen-bond acceptors (Lipinski definition) is 4. The Morgan fingerprint density at radius 3 is 2.54 bits per heavy atom. The van der Waals surface area contributed by atoms with E-state index < -0.39 is 11.9 Å². The molecule has 1 fully saturated rings. The van der Waals surface area contributed by atoms with Crippen LogP contribution in [0.15, 0.2) is 5.11 Å². The fourth-order valence-corrected chi connectivity index (χ4v) is 0.696. The van der Waals surface area contributed by atoms with Gasteiger partial charge in [-0.15, -0.1) is 0 Å². The van der Waals surface area contributed by atoms with Crippen LogP contribution in [0.25, 0.3) is 10.4 Å². The predicted molar refractivity (Wildman–Crippen MR) is 39.4 cm³/mol. The van der Waals surface area contributed by atoms with Crippen LogP contribution in [0.2, 0.25) is 0 Å². The largest absolute Gasteiger partial charge is 0.483 e. The Morgan fingerprint density at radius 2 is 2.23 bits per heavy atom. The van der Waals surface area contributed by atoms with Gasteiger partial charge in [0.05, 0.1) is 0 Å². The summed E-state index contributed by atoms with van der Waals surface area (Å²) in [4.78, 5) is 31.8. The van der Waals surface area contributed by atoms with Gasteiger partial charge in [0.2, 0.25) is 11.8 Å². The van der Waals surface area contributed by atoms with Gasteiger partial charge in [-0.25, -0.2) is 0 Å². The molecular formula is C5H6N4O4. The Labute approximate surface area is 72.2 Å². The Balaban J connectivity index is 0.000000424. The first kappa shape index (κ1) is 10.9. The van der Waals surface area contributed by atoms with Crippen LogP contribution in [-0.4, -0.2) is 29.4 Å². The highest BCUT2D eigenvalue weighted by Gasteiger charge is 2.28. The van der Waals surface area contributed by atoms with E-state index in [4.69, 9.17) is 15.4 Å². The van der Waals surface area contributed by atoms with E-state index in [9.17, 15) is 9.59 Å². The van der Waals surface area contributed by atoms with Gasteiger partial charge in [0.1, 0.15) is 6.04 Å². The molecule has 0 aromatic carbocycles. The first-order valence-electron chi connectivity index (χ1n) is 3.11. The molecule has 1 aliphatic heterocycles. The highest BCUT2D eigenvalue weighted by molar-refractivity contribution is 6.05. The third-order valence-electron chi connectivity index (χ3n) is 1.14. The standard InChI is InChI=1S/C4H4N4O2.CH2O2/c5-8-7-2-1-3(9)6-4(2)10;2-1-3/h2H,1H2,(H,6,9,10);1H,(H,2,3). The minimum absolute atomic E-state index is 0.0249. The summed E-state index contributed by atoms with van der Waals surface area (Å²) >= 11 is 0. The van der Waals surface area contributed by atoms with Gasteiger partial charge in [0.25, 0.3) is 6.47 Å². The lowest BCUT2D eigenvalue weighted by atomic mass is 10.3. The molecule has 2 N–H and O–H groups in total. The maximum Gasteiger partial charge on any atom is 0.290 e. The monoisotopic (exact) mass is 186 g/mol. The van der Waals surface area contributed by atoms with Gasteiger partial charge < -0.3 is 5.11 Å². The molecule has 2 amide bonds. The highest BCUT2D eigenvalue weighted by Crippen LogP contribution is 2.05. The summed E-state index contributed by atoms with van der Waals surface area (Å²) in [6.45, 7) is -0.250. The molecule has 1 atom stereocenters. The van der Waals surface area contributed by atoms with Crippen LogP contribution in [0, 0.1) is 0 Å². The predicted octanol–water partition coefficient (Wildman–Crippen LogP) is -0.587. The quantitative estimate of drug-likeness (QED) is 0.186. The molecule has 8 heteroatoms. The number of carbonyl (C=O) groups is 3. The lowest BCUT2D eigenvalue weighted by Gasteiger charge is -1.89. The van der Waals surface area contributed by atoms with Crippen LogP contribution >= 0.6 is 0 Å². The Hall–Kier alpha value is -2.08. The van der Waals surface area contributed by atoms with Crippen LogP contribution < -0.4 is 5.32 Å². The molecule has 0 aromatic heterocycles. The van der Waals surface area contributed by atoms with E-state index in [2.05, 4.69) is 10.0 Å². The number of azide groups is 1. The fourth-order valence-electron chi connectivity index (χ4n) is 0.696. The molecule has 70 valence electrons. The maximum absolute atomic E-state index is 10.6. The molecule has 0 spiro atoms. The Kier molecular flexibility index (Phi) is 4.67. The van der Waals surface area contributed by atoms with Gasteiger partial charge in [-0.2, -0.15) is 0 Å². The molecule has 0 bridgehead atoms. The van der Waals surface area contributed by atoms with Crippen molar-refractivity contribution in [2.45, 2.75) is 12.5 Å². The molecule has 8 nitrogen and oxygen atoms in total. The van der Waals surface area contributed by atoms with Gasteiger partial charge in [-0.05, 0) is 5.53 Å². The van der Waals surface area contributed by atoms with E-state index in [1.807, 2.05) is 5.32 Å². The van der Waals surface area contributed by atoms with Crippen molar-refractivity contribution >= 4 is 18.3 Å². The van der Waals surface area contributed by atoms with Crippen LogP contribution in [0.3, 0.4) is 0 Å². The van der Waals surface area contributed by atoms with E-state index in [1.54, 1.807) is 0 Å². The second-order valence-corrected chi connectivity index (χ2v) is 1.94. The molecule has 13 heavy (non-hydrogen) atoms. The van der Waals surface area contributed by atoms with Gasteiger partial charge in [-0.1, -0.05) is 5.11 Å². The molecule has 1 rings (SSSR count). The van der Waals surface area contributed by atoms with E-state index >= 15 is 0 Å². The van der Waals surface area contributed by atoms with Crippen LogP contribution in [0.1, 0.15) is 6.42 Å². The van der Waals surface area contributed by atoms with Crippen molar-refractivity contribution < 1.29 is 19.5 Å². The second kappa shape index (κ2) is 5.56. The molecule has 0 radical (unpaired) electrons. The summed E-state index contributed by atoms with van der Waals surface area (Å²) in [5, 5.41) is 12.0. The first-order chi connectivity index (χ1) is 6.15. The number of nitrogens with one attached hydrogen (secondary N) is 1. The lowest BCUT2D eigenvalue weighted by Crippen LogP contribution is -2.23. The fraction of sp³-hybridized carbons (Fsp3) is 0.400. The zero-order valence-corrected chi connectivity index (χ0v) is 6.38. The third kappa shape index (κ3) is 3.73. The van der Waals surface area contributed by atoms with E-state index in [1.165, 1.54) is 0 Å². The zero-order valence-electron chi connectivity index (χ0n) is 6.38. The average molecular weight is 186 g/mol. The summed E-state index contributed by atoms with van der Waals surface area (Å²) in [6, 6.07) is -0.836. The summed E-state index contributed by atoms with van der Waals surface area (Å²) < 4.78 is 0. The smallest absolute Gasteiger partial charge is 0.290 e. The zero-order chi connectivity index (χ0) is 10.3. The molecule has 1 saturated heterocycles. The molecule has 1 aliphatic rings. The SMILES string of the molecule is O=CO.[N-]=[N+]=NC1CC(=O)NC1=O. The molecule has 0 aliphatic carbocycles. The first-order valence-corrected chi connectivity index (χ1v) is 3.11. The van der Waals surface area contributed by atoms with Crippen molar-refractivity contribution in [3.8, 4) is 0 Å². The molecule has 0 aromatic rings. The summed E-state index contributed by atoms with van der Waals surface area (Å²) in [6.07, 6.45) is -0.0249. The maximum atomic E-state index is 10.6. The highest BCUT2D eigenvalue weighted by atomic mass is 16.3. The van der Waals surface area contributed by atoms with Crippen molar-refractivity contribution in [1.82, 2.24) is 5.32 Å². The summed E-state index contributed by atoms with van der Waals surface area (Å²) in [5.41, 5.74) is 7.90. The number of carboxylic acid groups (broad SMARTS) is 1. The summed E-state index contributed by atoms with van der Waals surface area (Å²) in [5.74, 6) is -0.898. The van der Waals surface area contributed by atoms with E-state index in [0.29, 0.717) is 0 Å². The lowest BCUT2D eigenvalue weighted by molar-refractivity contribution is -0.125. The van der Waals surface area contributed by atoms with Crippen molar-refractivity contribution in [3.63, 3.8) is 0 Å². The number of amides is 2. The number of hydrogen-bond donors (Lipinski definition) is 2. The van der Waals surface area contributed by atoms with Crippen molar-refractivity contribution in [1.29, 1.82) is 0 Å². The third-order valence-corrected chi connectivity index (χ3v) is 1.14. The average Bonchev–Trinajstić information content (AvgIpc) is 2.33. The van der Waals surface area contributed by atoms with E-state index in [-0.39, 0.29) is 18.8 Å². The van der Waals surface area contributed by atoms with Gasteiger partial charge in [0, 0.05) is 11.3 Å². The van der Waals surface area contributed by atoms with Crippen LogP contribution in [0.5, 0.6) is 0 Å². The number of carbonyl (C=O) groups excluding carboxylic acids is 2. The van der Waals surface area contributed by atoms with Crippen molar-refractivity contribution in [2.24, 2.45) is 5.11 Å². The van der Waals surface area contributed by atoms with Crippen LogP contribution in [-0.2, 0) is 14.4 Å². The van der Waals surface area contributed by atoms with Crippen molar-refractivity contribution in [3.05, 3.63) is 10.4 Å². The number of imide groups is 1. The summed E-state index contributed by atoms with van der Waals surface area (Å²) in [7, 11) is 0. The van der Waals surface area contributed by atoms with E-state index in [0.717, 1.165) is 0 Å².